The third kappa shape index (κ3) is 3.17. The molecular weight excluding hydrogens is 190 g/mol. The molecule has 1 aromatic heterocycles. The normalized spacial score (nSPS) is 9.50. The maximum atomic E-state index is 11.1. The highest BCUT2D eigenvalue weighted by Gasteiger charge is 2.06. The Hall–Kier alpha value is -1.99. The van der Waals surface area contributed by atoms with Crippen molar-refractivity contribution in [3.8, 4) is 0 Å². The van der Waals surface area contributed by atoms with Crippen molar-refractivity contribution in [2.24, 2.45) is 0 Å². The number of amides is 1. The van der Waals surface area contributed by atoms with E-state index in [2.05, 4.69) is 25.6 Å². The largest absolute Gasteiger partial charge is 0.468 e. The molecule has 1 rings (SSSR count). The van der Waals surface area contributed by atoms with Crippen LogP contribution in [0.1, 0.15) is 0 Å². The molecule has 8 nitrogen and oxygen atoms in total. The minimum absolute atomic E-state index is 0.0238. The Morgan fingerprint density at radius 3 is 2.93 bits per heavy atom. The smallest absolute Gasteiger partial charge is 0.325 e. The molecule has 0 radical (unpaired) electrons. The van der Waals surface area contributed by atoms with Gasteiger partial charge in [-0.15, -0.1) is 5.10 Å². The van der Waals surface area contributed by atoms with Gasteiger partial charge in [-0.1, -0.05) is 0 Å². The highest BCUT2D eigenvalue weighted by atomic mass is 16.5. The predicted molar refractivity (Wildman–Crippen MR) is 42.8 cm³/mol. The summed E-state index contributed by atoms with van der Waals surface area (Å²) in [6.07, 6.45) is 1.30. The van der Waals surface area contributed by atoms with Crippen molar-refractivity contribution in [1.29, 1.82) is 0 Å². The zero-order valence-electron chi connectivity index (χ0n) is 7.51. The predicted octanol–water partition coefficient (Wildman–Crippen LogP) is -2.04. The van der Waals surface area contributed by atoms with Crippen LogP contribution in [-0.2, 0) is 20.9 Å². The number of tetrazole rings is 1. The molecule has 1 heterocycles. The molecule has 0 aliphatic heterocycles. The Kier molecular flexibility index (Phi) is 3.53. The number of aromatic nitrogens is 4. The van der Waals surface area contributed by atoms with Crippen LogP contribution in [0.4, 0.5) is 0 Å². The molecule has 76 valence electrons. The molecule has 14 heavy (non-hydrogen) atoms. The van der Waals surface area contributed by atoms with Crippen molar-refractivity contribution in [2.45, 2.75) is 6.54 Å². The van der Waals surface area contributed by atoms with Gasteiger partial charge >= 0.3 is 5.97 Å². The summed E-state index contributed by atoms with van der Waals surface area (Å²) in [5.74, 6) is -0.863. The second kappa shape index (κ2) is 4.90. The zero-order valence-corrected chi connectivity index (χ0v) is 7.51. The highest BCUT2D eigenvalue weighted by molar-refractivity contribution is 5.81. The molecule has 0 bridgehead atoms. The number of hydrogen-bond acceptors (Lipinski definition) is 6. The lowest BCUT2D eigenvalue weighted by atomic mass is 10.5. The van der Waals surface area contributed by atoms with E-state index in [1.807, 2.05) is 0 Å². The minimum atomic E-state index is -0.505. The number of ether oxygens (including phenoxy) is 1. The average Bonchev–Trinajstić information content (AvgIpc) is 2.66. The SMILES string of the molecule is COC(=O)CNC(=O)Cn1cnnn1. The highest BCUT2D eigenvalue weighted by Crippen LogP contribution is 1.78. The van der Waals surface area contributed by atoms with Gasteiger partial charge in [0, 0.05) is 0 Å². The Morgan fingerprint density at radius 2 is 2.36 bits per heavy atom. The van der Waals surface area contributed by atoms with E-state index in [0.29, 0.717) is 0 Å². The van der Waals surface area contributed by atoms with Crippen LogP contribution in [0.5, 0.6) is 0 Å². The molecule has 0 aromatic carbocycles. The topological polar surface area (TPSA) is 99.0 Å². The van der Waals surface area contributed by atoms with Crippen molar-refractivity contribution < 1.29 is 14.3 Å². The van der Waals surface area contributed by atoms with Crippen molar-refractivity contribution in [3.63, 3.8) is 0 Å². The summed E-state index contributed by atoms with van der Waals surface area (Å²) in [4.78, 5) is 21.7. The molecule has 0 atom stereocenters. The molecular formula is C6H9N5O3. The van der Waals surface area contributed by atoms with Crippen molar-refractivity contribution in [3.05, 3.63) is 6.33 Å². The third-order valence-electron chi connectivity index (χ3n) is 1.35. The van der Waals surface area contributed by atoms with E-state index in [1.165, 1.54) is 18.1 Å². The molecule has 0 saturated carbocycles. The van der Waals surface area contributed by atoms with Crippen LogP contribution >= 0.6 is 0 Å². The van der Waals surface area contributed by atoms with Crippen LogP contribution in [0.25, 0.3) is 0 Å². The zero-order chi connectivity index (χ0) is 10.4. The van der Waals surface area contributed by atoms with Crippen LogP contribution in [0.2, 0.25) is 0 Å². The van der Waals surface area contributed by atoms with Gasteiger partial charge in [-0.2, -0.15) is 0 Å². The van der Waals surface area contributed by atoms with Gasteiger partial charge < -0.3 is 10.1 Å². The first kappa shape index (κ1) is 10.1. The first-order valence-corrected chi connectivity index (χ1v) is 3.76. The average molecular weight is 199 g/mol. The maximum Gasteiger partial charge on any atom is 0.325 e. The van der Waals surface area contributed by atoms with Gasteiger partial charge in [0.05, 0.1) is 7.11 Å². The first-order valence-electron chi connectivity index (χ1n) is 3.76. The Labute approximate surface area is 79.2 Å². The Balaban J connectivity index is 2.26. The lowest BCUT2D eigenvalue weighted by molar-refractivity contribution is -0.141. The van der Waals surface area contributed by atoms with E-state index in [0.717, 1.165) is 0 Å². The lowest BCUT2D eigenvalue weighted by Gasteiger charge is -2.02. The summed E-state index contributed by atoms with van der Waals surface area (Å²) >= 11 is 0. The Bertz CT molecular complexity index is 309. The molecule has 0 fully saturated rings. The number of nitrogens with one attached hydrogen (secondary N) is 1. The van der Waals surface area contributed by atoms with Crippen LogP contribution < -0.4 is 5.32 Å². The molecule has 8 heteroatoms. The summed E-state index contributed by atoms with van der Waals surface area (Å²) in [6.45, 7) is -0.179. The summed E-state index contributed by atoms with van der Waals surface area (Å²) in [7, 11) is 1.25. The van der Waals surface area contributed by atoms with Gasteiger partial charge in [-0.25, -0.2) is 4.68 Å². The standard InChI is InChI=1S/C6H9N5O3/c1-14-6(13)2-7-5(12)3-11-4-8-9-10-11/h4H,2-3H2,1H3,(H,7,12). The monoisotopic (exact) mass is 199 g/mol. The lowest BCUT2D eigenvalue weighted by Crippen LogP contribution is -2.32. The van der Waals surface area contributed by atoms with E-state index in [1.54, 1.807) is 0 Å². The van der Waals surface area contributed by atoms with Crippen LogP contribution in [0.15, 0.2) is 6.33 Å². The second-order valence-electron chi connectivity index (χ2n) is 2.36. The van der Waals surface area contributed by atoms with Crippen LogP contribution in [0, 0.1) is 0 Å². The van der Waals surface area contributed by atoms with Gasteiger partial charge in [-0.05, 0) is 10.4 Å². The van der Waals surface area contributed by atoms with Crippen LogP contribution in [0.3, 0.4) is 0 Å². The van der Waals surface area contributed by atoms with E-state index < -0.39 is 5.97 Å². The molecule has 1 N–H and O–H groups in total. The summed E-state index contributed by atoms with van der Waals surface area (Å²) in [6, 6.07) is 0. The van der Waals surface area contributed by atoms with Crippen molar-refractivity contribution in [1.82, 2.24) is 25.5 Å². The van der Waals surface area contributed by atoms with E-state index in [4.69, 9.17) is 0 Å². The van der Waals surface area contributed by atoms with Gasteiger partial charge in [0.15, 0.2) is 0 Å². The van der Waals surface area contributed by atoms with Crippen LogP contribution in [-0.4, -0.2) is 45.7 Å². The van der Waals surface area contributed by atoms with E-state index >= 15 is 0 Å². The molecule has 0 unspecified atom stereocenters. The molecule has 0 spiro atoms. The van der Waals surface area contributed by atoms with Gasteiger partial charge in [0.1, 0.15) is 19.4 Å². The quantitative estimate of drug-likeness (QED) is 0.561. The number of nitrogens with zero attached hydrogens (tertiary/aromatic N) is 4. The van der Waals surface area contributed by atoms with Gasteiger partial charge in [-0.3, -0.25) is 9.59 Å². The van der Waals surface area contributed by atoms with E-state index in [9.17, 15) is 9.59 Å². The first-order chi connectivity index (χ1) is 6.72. The van der Waals surface area contributed by atoms with Gasteiger partial charge in [0.25, 0.3) is 0 Å². The number of rotatable bonds is 4. The fourth-order valence-electron chi connectivity index (χ4n) is 0.699. The molecule has 0 aliphatic carbocycles. The minimum Gasteiger partial charge on any atom is -0.468 e. The number of hydrogen-bond donors (Lipinski definition) is 1. The number of esters is 1. The number of carbonyl (C=O) groups is 2. The van der Waals surface area contributed by atoms with E-state index in [-0.39, 0.29) is 19.0 Å². The maximum absolute atomic E-state index is 11.1. The molecule has 1 aromatic rings. The summed E-state index contributed by atoms with van der Waals surface area (Å²) in [5.41, 5.74) is 0. The number of carbonyl (C=O) groups excluding carboxylic acids is 2. The fraction of sp³-hybridized carbons (Fsp3) is 0.500. The van der Waals surface area contributed by atoms with Crippen molar-refractivity contribution >= 4 is 11.9 Å². The Morgan fingerprint density at radius 1 is 1.57 bits per heavy atom. The fourth-order valence-corrected chi connectivity index (χ4v) is 0.699. The summed E-state index contributed by atoms with van der Waals surface area (Å²) < 4.78 is 5.58. The van der Waals surface area contributed by atoms with Crippen molar-refractivity contribution in [2.75, 3.05) is 13.7 Å². The molecule has 1 amide bonds. The molecule has 0 saturated heterocycles. The number of methoxy groups -OCH3 is 1. The third-order valence-corrected chi connectivity index (χ3v) is 1.35. The summed E-state index contributed by atoms with van der Waals surface area (Å²) in [5, 5.41) is 12.5. The van der Waals surface area contributed by atoms with Gasteiger partial charge in [0.2, 0.25) is 5.91 Å². The molecule has 0 aliphatic rings. The second-order valence-corrected chi connectivity index (χ2v) is 2.36.